The highest BCUT2D eigenvalue weighted by molar-refractivity contribution is 5.74. The first-order valence-corrected chi connectivity index (χ1v) is 7.12. The van der Waals surface area contributed by atoms with Gasteiger partial charge in [-0.25, -0.2) is 9.59 Å². The predicted molar refractivity (Wildman–Crippen MR) is 87.7 cm³/mol. The number of aliphatic carboxylic acids is 2. The smallest absolute Gasteiger partial charge is 0.337 e. The Morgan fingerprint density at radius 1 is 0.708 bits per heavy atom. The predicted octanol–water partition coefficient (Wildman–Crippen LogP) is 2.92. The molecule has 6 nitrogen and oxygen atoms in total. The van der Waals surface area contributed by atoms with E-state index in [0.29, 0.717) is 11.1 Å². The van der Waals surface area contributed by atoms with Crippen molar-refractivity contribution in [3.05, 3.63) is 71.8 Å². The van der Waals surface area contributed by atoms with Crippen LogP contribution in [0.15, 0.2) is 60.7 Å². The molecule has 0 saturated heterocycles. The lowest BCUT2D eigenvalue weighted by atomic mass is 10.1. The quantitative estimate of drug-likeness (QED) is 0.845. The van der Waals surface area contributed by atoms with Crippen LogP contribution in [-0.2, 0) is 19.1 Å². The van der Waals surface area contributed by atoms with Crippen LogP contribution in [0.5, 0.6) is 0 Å². The maximum absolute atomic E-state index is 10.6. The highest BCUT2D eigenvalue weighted by atomic mass is 16.5. The molecular weight excluding hydrogens is 312 g/mol. The van der Waals surface area contributed by atoms with Gasteiger partial charge in [-0.1, -0.05) is 60.7 Å². The van der Waals surface area contributed by atoms with E-state index in [1.54, 1.807) is 48.5 Å². The molecule has 2 aromatic carbocycles. The van der Waals surface area contributed by atoms with E-state index >= 15 is 0 Å². The molecule has 6 heteroatoms. The van der Waals surface area contributed by atoms with Crippen molar-refractivity contribution in [3.8, 4) is 0 Å². The highest BCUT2D eigenvalue weighted by Gasteiger charge is 2.18. The monoisotopic (exact) mass is 332 g/mol. The zero-order valence-corrected chi connectivity index (χ0v) is 13.5. The summed E-state index contributed by atoms with van der Waals surface area (Å²) in [6, 6.07) is 17.7. The van der Waals surface area contributed by atoms with Crippen LogP contribution in [-0.4, -0.2) is 36.4 Å². The van der Waals surface area contributed by atoms with E-state index < -0.39 is 24.1 Å². The van der Waals surface area contributed by atoms with E-state index in [1.165, 1.54) is 14.2 Å². The van der Waals surface area contributed by atoms with Crippen molar-refractivity contribution in [1.82, 2.24) is 0 Å². The van der Waals surface area contributed by atoms with E-state index in [2.05, 4.69) is 0 Å². The molecule has 0 bridgehead atoms. The van der Waals surface area contributed by atoms with Crippen LogP contribution in [0.4, 0.5) is 0 Å². The number of benzene rings is 2. The van der Waals surface area contributed by atoms with E-state index in [1.807, 2.05) is 12.1 Å². The Bertz CT molecular complexity index is 569. The van der Waals surface area contributed by atoms with Gasteiger partial charge in [-0.05, 0) is 11.1 Å². The van der Waals surface area contributed by atoms with Crippen LogP contribution in [0.3, 0.4) is 0 Å². The van der Waals surface area contributed by atoms with Gasteiger partial charge >= 0.3 is 11.9 Å². The van der Waals surface area contributed by atoms with Gasteiger partial charge in [-0.2, -0.15) is 0 Å². The molecule has 0 aliphatic rings. The number of ether oxygens (including phenoxy) is 2. The Morgan fingerprint density at radius 3 is 1.21 bits per heavy atom. The second-order valence-corrected chi connectivity index (χ2v) is 4.73. The summed E-state index contributed by atoms with van der Waals surface area (Å²) in [5, 5.41) is 17.4. The first-order valence-electron chi connectivity index (χ1n) is 7.12. The van der Waals surface area contributed by atoms with Gasteiger partial charge in [-0.3, -0.25) is 0 Å². The minimum Gasteiger partial charge on any atom is -0.479 e. The van der Waals surface area contributed by atoms with Gasteiger partial charge in [0.1, 0.15) is 0 Å². The van der Waals surface area contributed by atoms with Crippen molar-refractivity contribution in [2.45, 2.75) is 12.2 Å². The van der Waals surface area contributed by atoms with Crippen LogP contribution in [0.2, 0.25) is 0 Å². The second-order valence-electron chi connectivity index (χ2n) is 4.73. The number of methoxy groups -OCH3 is 2. The zero-order chi connectivity index (χ0) is 17.9. The van der Waals surface area contributed by atoms with E-state index in [4.69, 9.17) is 19.7 Å². The van der Waals surface area contributed by atoms with Gasteiger partial charge in [0, 0.05) is 14.2 Å². The molecule has 0 aliphatic heterocycles. The van der Waals surface area contributed by atoms with Gasteiger partial charge in [0.25, 0.3) is 0 Å². The first kappa shape index (κ1) is 19.3. The molecule has 0 saturated carbocycles. The van der Waals surface area contributed by atoms with E-state index in [9.17, 15) is 9.59 Å². The molecule has 24 heavy (non-hydrogen) atoms. The summed E-state index contributed by atoms with van der Waals surface area (Å²) in [5.74, 6) is -1.94. The van der Waals surface area contributed by atoms with Crippen LogP contribution < -0.4 is 0 Å². The summed E-state index contributed by atoms with van der Waals surface area (Å²) in [5.41, 5.74) is 1.32. The van der Waals surface area contributed by atoms with Crippen molar-refractivity contribution < 1.29 is 29.3 Å². The van der Waals surface area contributed by atoms with Crippen molar-refractivity contribution in [3.63, 3.8) is 0 Å². The average Bonchev–Trinajstić information content (AvgIpc) is 2.58. The minimum atomic E-state index is -0.969. The SMILES string of the molecule is COC(C(=O)O)c1ccccc1.COC(C(=O)O)c1ccccc1. The lowest BCUT2D eigenvalue weighted by molar-refractivity contribution is -0.149. The number of carboxylic acid groups (broad SMARTS) is 2. The Kier molecular flexibility index (Phi) is 8.18. The number of carbonyl (C=O) groups is 2. The topological polar surface area (TPSA) is 93.1 Å². The fraction of sp³-hybridized carbons (Fsp3) is 0.222. The summed E-state index contributed by atoms with van der Waals surface area (Å²) < 4.78 is 9.60. The van der Waals surface area contributed by atoms with E-state index in [0.717, 1.165) is 0 Å². The molecule has 0 spiro atoms. The molecule has 0 amide bonds. The van der Waals surface area contributed by atoms with Gasteiger partial charge in [0.15, 0.2) is 12.2 Å². The van der Waals surface area contributed by atoms with Crippen LogP contribution >= 0.6 is 0 Å². The molecule has 2 N–H and O–H groups in total. The molecule has 0 aromatic heterocycles. The lowest BCUT2D eigenvalue weighted by Gasteiger charge is -2.09. The molecule has 0 aliphatic carbocycles. The number of hydrogen-bond acceptors (Lipinski definition) is 4. The largest absolute Gasteiger partial charge is 0.479 e. The number of hydrogen-bond donors (Lipinski definition) is 2. The lowest BCUT2D eigenvalue weighted by Crippen LogP contribution is -2.12. The van der Waals surface area contributed by atoms with Gasteiger partial charge in [0.2, 0.25) is 0 Å². The van der Waals surface area contributed by atoms with Crippen LogP contribution in [0.25, 0.3) is 0 Å². The standard InChI is InChI=1S/2C9H10O3/c2*1-12-8(9(10)11)7-5-3-2-4-6-7/h2*2-6,8H,1H3,(H,10,11). The molecule has 2 atom stereocenters. The Labute approximate surface area is 140 Å². The Balaban J connectivity index is 0.000000240. The van der Waals surface area contributed by atoms with Crippen LogP contribution in [0, 0.1) is 0 Å². The summed E-state index contributed by atoms with van der Waals surface area (Å²) in [6.07, 6.45) is -1.71. The maximum Gasteiger partial charge on any atom is 0.337 e. The van der Waals surface area contributed by atoms with Crippen molar-refractivity contribution >= 4 is 11.9 Å². The average molecular weight is 332 g/mol. The minimum absolute atomic E-state index is 0.660. The molecule has 2 unspecified atom stereocenters. The molecule has 0 radical (unpaired) electrons. The van der Waals surface area contributed by atoms with Crippen LogP contribution in [0.1, 0.15) is 23.3 Å². The highest BCUT2D eigenvalue weighted by Crippen LogP contribution is 2.16. The summed E-state index contributed by atoms with van der Waals surface area (Å²) in [6.45, 7) is 0. The summed E-state index contributed by atoms with van der Waals surface area (Å²) >= 11 is 0. The molecule has 2 rings (SSSR count). The molecule has 0 fully saturated rings. The molecule has 2 aromatic rings. The Morgan fingerprint density at radius 2 is 1.00 bits per heavy atom. The third-order valence-electron chi connectivity index (χ3n) is 3.12. The number of carboxylic acids is 2. The normalized spacial score (nSPS) is 12.4. The van der Waals surface area contributed by atoms with Crippen molar-refractivity contribution in [2.75, 3.05) is 14.2 Å². The fourth-order valence-corrected chi connectivity index (χ4v) is 2.01. The van der Waals surface area contributed by atoms with Gasteiger partial charge in [0.05, 0.1) is 0 Å². The molecule has 0 heterocycles. The van der Waals surface area contributed by atoms with Gasteiger partial charge < -0.3 is 19.7 Å². The van der Waals surface area contributed by atoms with Crippen molar-refractivity contribution in [2.24, 2.45) is 0 Å². The second kappa shape index (κ2) is 10.1. The first-order chi connectivity index (χ1) is 11.5. The number of rotatable bonds is 6. The summed E-state index contributed by atoms with van der Waals surface area (Å²) in [4.78, 5) is 21.2. The third-order valence-corrected chi connectivity index (χ3v) is 3.12. The molecular formula is C18H20O6. The Hall–Kier alpha value is -2.70. The third kappa shape index (κ3) is 5.83. The fourth-order valence-electron chi connectivity index (χ4n) is 2.01. The summed E-state index contributed by atoms with van der Waals surface area (Å²) in [7, 11) is 2.76. The maximum atomic E-state index is 10.6. The zero-order valence-electron chi connectivity index (χ0n) is 13.5. The van der Waals surface area contributed by atoms with Gasteiger partial charge in [-0.15, -0.1) is 0 Å². The molecule has 128 valence electrons. The van der Waals surface area contributed by atoms with Crippen molar-refractivity contribution in [1.29, 1.82) is 0 Å². The van der Waals surface area contributed by atoms with E-state index in [-0.39, 0.29) is 0 Å².